The lowest BCUT2D eigenvalue weighted by atomic mass is 10.1. The topological polar surface area (TPSA) is 84.0 Å². The summed E-state index contributed by atoms with van der Waals surface area (Å²) in [5, 5.41) is 11.1. The Morgan fingerprint density at radius 3 is 2.77 bits per heavy atom. The zero-order valence-corrected chi connectivity index (χ0v) is 17.2. The molecule has 1 fully saturated rings. The van der Waals surface area contributed by atoms with Gasteiger partial charge >= 0.3 is 0 Å². The SMILES string of the molecule is O=C(CC1S/C(=N/N=C/c2ccc(-c3cccc(Cl)c3)o2)NC1=O)c1ccccc1. The van der Waals surface area contributed by atoms with Crippen LogP contribution in [0.4, 0.5) is 0 Å². The fraction of sp³-hybridized carbons (Fsp3) is 0.0909. The lowest BCUT2D eigenvalue weighted by Gasteiger charge is -2.04. The summed E-state index contributed by atoms with van der Waals surface area (Å²) in [5.41, 5.74) is 1.45. The second-order valence-electron chi connectivity index (χ2n) is 6.45. The molecular weight excluding hydrogens is 422 g/mol. The summed E-state index contributed by atoms with van der Waals surface area (Å²) in [6.45, 7) is 0. The molecule has 1 atom stereocenters. The number of hydrogen-bond acceptors (Lipinski definition) is 6. The molecule has 1 aliphatic rings. The minimum absolute atomic E-state index is 0.0860. The molecule has 3 aromatic rings. The zero-order valence-electron chi connectivity index (χ0n) is 15.6. The summed E-state index contributed by atoms with van der Waals surface area (Å²) >= 11 is 7.19. The Morgan fingerprint density at radius 2 is 1.97 bits per heavy atom. The molecule has 0 radical (unpaired) electrons. The minimum Gasteiger partial charge on any atom is -0.455 e. The van der Waals surface area contributed by atoms with Crippen molar-refractivity contribution >= 4 is 46.4 Å². The van der Waals surface area contributed by atoms with Crippen LogP contribution in [0.3, 0.4) is 0 Å². The molecule has 0 bridgehead atoms. The van der Waals surface area contributed by atoms with Crippen molar-refractivity contribution in [1.82, 2.24) is 5.32 Å². The first-order valence-electron chi connectivity index (χ1n) is 9.11. The number of carbonyl (C=O) groups excluding carboxylic acids is 2. The molecule has 1 saturated heterocycles. The summed E-state index contributed by atoms with van der Waals surface area (Å²) in [5.74, 6) is 0.839. The Balaban J connectivity index is 1.37. The lowest BCUT2D eigenvalue weighted by molar-refractivity contribution is -0.118. The van der Waals surface area contributed by atoms with Crippen molar-refractivity contribution in [3.63, 3.8) is 0 Å². The number of thioether (sulfide) groups is 1. The predicted molar refractivity (Wildman–Crippen MR) is 119 cm³/mol. The molecule has 0 saturated carbocycles. The van der Waals surface area contributed by atoms with E-state index in [4.69, 9.17) is 16.0 Å². The molecule has 1 aromatic heterocycles. The van der Waals surface area contributed by atoms with E-state index in [2.05, 4.69) is 15.5 Å². The van der Waals surface area contributed by atoms with Gasteiger partial charge in [0.25, 0.3) is 0 Å². The number of nitrogens with one attached hydrogen (secondary N) is 1. The van der Waals surface area contributed by atoms with Crippen LogP contribution in [0.25, 0.3) is 11.3 Å². The Bertz CT molecular complexity index is 1140. The molecule has 6 nitrogen and oxygen atoms in total. The smallest absolute Gasteiger partial charge is 0.240 e. The van der Waals surface area contributed by atoms with Gasteiger partial charge in [-0.25, -0.2) is 0 Å². The maximum Gasteiger partial charge on any atom is 0.240 e. The van der Waals surface area contributed by atoms with Gasteiger partial charge in [0.1, 0.15) is 11.5 Å². The summed E-state index contributed by atoms with van der Waals surface area (Å²) in [6, 6.07) is 19.8. The second kappa shape index (κ2) is 9.11. The van der Waals surface area contributed by atoms with Gasteiger partial charge in [0.05, 0.1) is 11.5 Å². The van der Waals surface area contributed by atoms with Crippen LogP contribution in [0.5, 0.6) is 0 Å². The van der Waals surface area contributed by atoms with E-state index in [9.17, 15) is 9.59 Å². The highest BCUT2D eigenvalue weighted by molar-refractivity contribution is 8.15. The molecule has 0 spiro atoms. The van der Waals surface area contributed by atoms with E-state index in [0.717, 1.165) is 5.56 Å². The van der Waals surface area contributed by atoms with E-state index in [1.165, 1.54) is 18.0 Å². The van der Waals surface area contributed by atoms with Crippen LogP contribution in [-0.4, -0.2) is 28.3 Å². The maximum absolute atomic E-state index is 12.3. The van der Waals surface area contributed by atoms with Crippen molar-refractivity contribution in [1.29, 1.82) is 0 Å². The van der Waals surface area contributed by atoms with E-state index >= 15 is 0 Å². The van der Waals surface area contributed by atoms with Crippen molar-refractivity contribution in [3.05, 3.63) is 83.1 Å². The number of halogens is 1. The average Bonchev–Trinajstić information content (AvgIpc) is 3.36. The summed E-state index contributed by atoms with van der Waals surface area (Å²) in [7, 11) is 0. The third-order valence-corrected chi connectivity index (χ3v) is 5.62. The van der Waals surface area contributed by atoms with Crippen molar-refractivity contribution in [2.24, 2.45) is 10.2 Å². The normalized spacial score (nSPS) is 17.6. The van der Waals surface area contributed by atoms with Crippen LogP contribution in [0.15, 0.2) is 81.4 Å². The first-order chi connectivity index (χ1) is 14.6. The highest BCUT2D eigenvalue weighted by Crippen LogP contribution is 2.25. The monoisotopic (exact) mass is 437 g/mol. The van der Waals surface area contributed by atoms with Gasteiger partial charge in [-0.2, -0.15) is 5.10 Å². The molecule has 2 aromatic carbocycles. The Labute approximate surface area is 182 Å². The van der Waals surface area contributed by atoms with Gasteiger partial charge in [0, 0.05) is 22.6 Å². The quantitative estimate of drug-likeness (QED) is 0.341. The van der Waals surface area contributed by atoms with Crippen LogP contribution in [0.1, 0.15) is 22.5 Å². The number of ketones is 1. The molecular formula is C22H16ClN3O3S. The molecule has 2 heterocycles. The summed E-state index contributed by atoms with van der Waals surface area (Å²) < 4.78 is 5.72. The maximum atomic E-state index is 12.3. The van der Waals surface area contributed by atoms with Crippen LogP contribution < -0.4 is 5.32 Å². The Hall–Kier alpha value is -3.16. The Kier molecular flexibility index (Phi) is 6.11. The first-order valence-corrected chi connectivity index (χ1v) is 10.4. The van der Waals surface area contributed by atoms with Gasteiger partial charge in [-0.15, -0.1) is 5.10 Å². The third-order valence-electron chi connectivity index (χ3n) is 4.31. The van der Waals surface area contributed by atoms with Gasteiger partial charge < -0.3 is 9.73 Å². The van der Waals surface area contributed by atoms with Gasteiger partial charge in [0.15, 0.2) is 11.0 Å². The molecule has 1 amide bonds. The molecule has 30 heavy (non-hydrogen) atoms. The van der Waals surface area contributed by atoms with E-state index in [0.29, 0.717) is 27.3 Å². The molecule has 0 aliphatic carbocycles. The van der Waals surface area contributed by atoms with Crippen molar-refractivity contribution in [2.75, 3.05) is 0 Å². The van der Waals surface area contributed by atoms with Crippen LogP contribution in [-0.2, 0) is 4.79 Å². The molecule has 1 N–H and O–H groups in total. The standard InChI is InChI=1S/C22H16ClN3O3S/c23-16-8-4-7-15(11-16)19-10-9-17(29-19)13-24-26-22-25-21(28)20(30-22)12-18(27)14-5-2-1-3-6-14/h1-11,13,20H,12H2,(H,25,26,28)/b24-13+. The van der Waals surface area contributed by atoms with Crippen LogP contribution in [0.2, 0.25) is 5.02 Å². The van der Waals surface area contributed by atoms with Gasteiger partial charge in [0.2, 0.25) is 5.91 Å². The molecule has 1 aliphatic heterocycles. The number of furan rings is 1. The zero-order chi connectivity index (χ0) is 20.9. The number of benzene rings is 2. The second-order valence-corrected chi connectivity index (χ2v) is 8.08. The molecule has 4 rings (SSSR count). The number of hydrogen-bond donors (Lipinski definition) is 1. The number of nitrogens with zero attached hydrogens (tertiary/aromatic N) is 2. The van der Waals surface area contributed by atoms with E-state index < -0.39 is 5.25 Å². The molecule has 150 valence electrons. The van der Waals surface area contributed by atoms with Crippen molar-refractivity contribution in [3.8, 4) is 11.3 Å². The Morgan fingerprint density at radius 1 is 1.13 bits per heavy atom. The fourth-order valence-electron chi connectivity index (χ4n) is 2.85. The number of rotatable bonds is 6. The predicted octanol–water partition coefficient (Wildman–Crippen LogP) is 4.79. The van der Waals surface area contributed by atoms with Crippen molar-refractivity contribution in [2.45, 2.75) is 11.7 Å². The van der Waals surface area contributed by atoms with Crippen molar-refractivity contribution < 1.29 is 14.0 Å². The third kappa shape index (κ3) is 4.87. The van der Waals surface area contributed by atoms with Crippen LogP contribution in [0, 0.1) is 0 Å². The fourth-order valence-corrected chi connectivity index (χ4v) is 3.97. The van der Waals surface area contributed by atoms with E-state index in [1.54, 1.807) is 36.4 Å². The lowest BCUT2D eigenvalue weighted by Crippen LogP contribution is -2.26. The largest absolute Gasteiger partial charge is 0.455 e. The van der Waals surface area contributed by atoms with Gasteiger partial charge in [-0.05, 0) is 24.3 Å². The van der Waals surface area contributed by atoms with E-state index in [1.807, 2.05) is 30.3 Å². The van der Waals surface area contributed by atoms with Crippen LogP contribution >= 0.6 is 23.4 Å². The highest BCUT2D eigenvalue weighted by atomic mass is 35.5. The van der Waals surface area contributed by atoms with Gasteiger partial charge in [-0.1, -0.05) is 65.8 Å². The first kappa shape index (κ1) is 20.1. The minimum atomic E-state index is -0.523. The number of Topliss-reactive ketones (excluding diaryl/α,β-unsaturated/α-hetero) is 1. The van der Waals surface area contributed by atoms with E-state index in [-0.39, 0.29) is 18.1 Å². The number of amides is 1. The number of carbonyl (C=O) groups is 2. The summed E-state index contributed by atoms with van der Waals surface area (Å²) in [4.78, 5) is 24.4. The highest BCUT2D eigenvalue weighted by Gasteiger charge is 2.32. The average molecular weight is 438 g/mol. The molecule has 8 heteroatoms. The summed E-state index contributed by atoms with van der Waals surface area (Å²) in [6.07, 6.45) is 1.56. The number of amidine groups is 1. The van der Waals surface area contributed by atoms with Gasteiger partial charge in [-0.3, -0.25) is 9.59 Å². The molecule has 1 unspecified atom stereocenters.